The van der Waals surface area contributed by atoms with Crippen LogP contribution >= 0.6 is 23.1 Å². The average molecular weight is 561 g/mol. The summed E-state index contributed by atoms with van der Waals surface area (Å²) in [5, 5.41) is 17.6. The van der Waals surface area contributed by atoms with Gasteiger partial charge in [-0.3, -0.25) is 10.2 Å². The van der Waals surface area contributed by atoms with Crippen molar-refractivity contribution in [2.75, 3.05) is 20.3 Å². The molecule has 1 N–H and O–H groups in total. The number of nitrogens with zero attached hydrogens (tertiary/aromatic N) is 3. The van der Waals surface area contributed by atoms with Crippen molar-refractivity contribution in [2.24, 2.45) is 10.1 Å². The quantitative estimate of drug-likeness (QED) is 0.228. The number of rotatable bonds is 10. The van der Waals surface area contributed by atoms with E-state index in [1.165, 1.54) is 22.3 Å². The van der Waals surface area contributed by atoms with Crippen LogP contribution < -0.4 is 14.2 Å². The Morgan fingerprint density at radius 2 is 1.85 bits per heavy atom. The molecule has 8 nitrogen and oxygen atoms in total. The minimum absolute atomic E-state index is 0.0156. The standard InChI is InChI=1S/C29H28N4O4S2/c1-4-18(2)20-8-5-6-9-22(20)36-13-14-37-23-12-11-19(17-24(23)35-3)16-21-26(30)33-29(31-27(21)34)39-28(32-33)25-10-7-15-38-25/h5-12,15-18,30H,4,13-14H2,1-3H3/b21-16-,30-26?. The number of hydrogen-bond acceptors (Lipinski definition) is 8. The van der Waals surface area contributed by atoms with E-state index in [0.29, 0.717) is 41.4 Å². The Morgan fingerprint density at radius 1 is 1.05 bits per heavy atom. The van der Waals surface area contributed by atoms with E-state index < -0.39 is 5.91 Å². The van der Waals surface area contributed by atoms with Gasteiger partial charge in [0.25, 0.3) is 5.91 Å². The van der Waals surface area contributed by atoms with Crippen molar-refractivity contribution in [2.45, 2.75) is 26.2 Å². The van der Waals surface area contributed by atoms with Crippen LogP contribution in [0, 0.1) is 5.41 Å². The van der Waals surface area contributed by atoms with Gasteiger partial charge in [0, 0.05) is 0 Å². The summed E-state index contributed by atoms with van der Waals surface area (Å²) in [5.41, 5.74) is 2.02. The largest absolute Gasteiger partial charge is 0.493 e. The van der Waals surface area contributed by atoms with Gasteiger partial charge in [-0.15, -0.1) is 11.3 Å². The van der Waals surface area contributed by atoms with E-state index in [1.54, 1.807) is 36.7 Å². The highest BCUT2D eigenvalue weighted by Gasteiger charge is 2.36. The highest BCUT2D eigenvalue weighted by atomic mass is 32.2. The highest BCUT2D eigenvalue weighted by Crippen LogP contribution is 2.34. The van der Waals surface area contributed by atoms with E-state index in [4.69, 9.17) is 19.6 Å². The van der Waals surface area contributed by atoms with Gasteiger partial charge in [-0.05, 0) is 70.9 Å². The summed E-state index contributed by atoms with van der Waals surface area (Å²) in [7, 11) is 1.56. The van der Waals surface area contributed by atoms with Crippen molar-refractivity contribution < 1.29 is 19.0 Å². The van der Waals surface area contributed by atoms with Crippen molar-refractivity contribution in [1.82, 2.24) is 5.01 Å². The average Bonchev–Trinajstić information content (AvgIpc) is 3.64. The van der Waals surface area contributed by atoms with Gasteiger partial charge in [0.15, 0.2) is 17.3 Å². The Morgan fingerprint density at radius 3 is 2.59 bits per heavy atom. The molecule has 3 heterocycles. The number of thiophene rings is 1. The van der Waals surface area contributed by atoms with E-state index in [0.717, 1.165) is 22.1 Å². The molecule has 2 aromatic carbocycles. The van der Waals surface area contributed by atoms with Gasteiger partial charge in [-0.2, -0.15) is 15.1 Å². The lowest BCUT2D eigenvalue weighted by Crippen LogP contribution is -2.35. The molecule has 1 aromatic heterocycles. The smallest absolute Gasteiger partial charge is 0.283 e. The van der Waals surface area contributed by atoms with Gasteiger partial charge in [0.2, 0.25) is 5.17 Å². The fourth-order valence-electron chi connectivity index (χ4n) is 4.09. The molecule has 2 aliphatic rings. The topological polar surface area (TPSA) is 96.6 Å². The molecule has 0 radical (unpaired) electrons. The Hall–Kier alpha value is -3.89. The van der Waals surface area contributed by atoms with Crippen LogP contribution in [0.5, 0.6) is 17.2 Å². The molecule has 39 heavy (non-hydrogen) atoms. The fourth-order valence-corrected chi connectivity index (χ4v) is 5.78. The van der Waals surface area contributed by atoms with E-state index in [-0.39, 0.29) is 11.4 Å². The maximum atomic E-state index is 12.8. The summed E-state index contributed by atoms with van der Waals surface area (Å²) >= 11 is 2.84. The predicted molar refractivity (Wildman–Crippen MR) is 158 cm³/mol. The summed E-state index contributed by atoms with van der Waals surface area (Å²) in [6.45, 7) is 5.07. The molecule has 0 aliphatic carbocycles. The molecule has 0 fully saturated rings. The van der Waals surface area contributed by atoms with Crippen LogP contribution in [0.4, 0.5) is 0 Å². The predicted octanol–water partition coefficient (Wildman–Crippen LogP) is 6.40. The summed E-state index contributed by atoms with van der Waals surface area (Å²) in [6.07, 6.45) is 2.66. The van der Waals surface area contributed by atoms with Gasteiger partial charge in [0.1, 0.15) is 24.0 Å². The minimum Gasteiger partial charge on any atom is -0.493 e. The maximum Gasteiger partial charge on any atom is 0.283 e. The number of ether oxygens (including phenoxy) is 3. The van der Waals surface area contributed by atoms with Crippen molar-refractivity contribution in [3.05, 3.63) is 81.6 Å². The van der Waals surface area contributed by atoms with Crippen LogP contribution in [0.15, 0.2) is 75.6 Å². The number of amides is 1. The summed E-state index contributed by atoms with van der Waals surface area (Å²) in [6, 6.07) is 17.3. The second-order valence-corrected chi connectivity index (χ2v) is 10.8. The van der Waals surface area contributed by atoms with E-state index in [9.17, 15) is 4.79 Å². The second-order valence-electron chi connectivity index (χ2n) is 8.86. The molecule has 0 bridgehead atoms. The first-order valence-corrected chi connectivity index (χ1v) is 14.2. The molecule has 2 aliphatic heterocycles. The van der Waals surface area contributed by atoms with Crippen molar-refractivity contribution in [1.29, 1.82) is 5.41 Å². The zero-order valence-electron chi connectivity index (χ0n) is 21.8. The van der Waals surface area contributed by atoms with Gasteiger partial charge < -0.3 is 14.2 Å². The van der Waals surface area contributed by atoms with Gasteiger partial charge >= 0.3 is 0 Å². The summed E-state index contributed by atoms with van der Waals surface area (Å²) < 4.78 is 17.5. The van der Waals surface area contributed by atoms with Crippen molar-refractivity contribution >= 4 is 51.1 Å². The second kappa shape index (κ2) is 11.9. The SMILES string of the molecule is CCC(C)c1ccccc1OCCOc1ccc(/C=C2/C(=N)N3N=C(c4cccs4)SC3=NC2=O)cc1OC. The summed E-state index contributed by atoms with van der Waals surface area (Å²) in [4.78, 5) is 17.9. The molecule has 10 heteroatoms. The van der Waals surface area contributed by atoms with Crippen LogP contribution in [0.25, 0.3) is 6.08 Å². The molecular weight excluding hydrogens is 532 g/mol. The van der Waals surface area contributed by atoms with E-state index in [2.05, 4.69) is 30.0 Å². The number of para-hydroxylation sites is 1. The monoisotopic (exact) mass is 560 g/mol. The first kappa shape index (κ1) is 26.7. The maximum absolute atomic E-state index is 12.8. The van der Waals surface area contributed by atoms with E-state index in [1.807, 2.05) is 41.8 Å². The number of benzene rings is 2. The number of nitrogens with one attached hydrogen (secondary N) is 1. The first-order valence-electron chi connectivity index (χ1n) is 12.5. The first-order chi connectivity index (χ1) is 19.0. The Balaban J connectivity index is 1.26. The number of hydrogen-bond donors (Lipinski definition) is 1. The fraction of sp³-hybridized carbons (Fsp3) is 0.241. The lowest BCUT2D eigenvalue weighted by Gasteiger charge is -2.20. The van der Waals surface area contributed by atoms with E-state index >= 15 is 0 Å². The molecule has 1 unspecified atom stereocenters. The lowest BCUT2D eigenvalue weighted by atomic mass is 9.98. The normalized spacial score (nSPS) is 16.6. The molecule has 0 saturated carbocycles. The van der Waals surface area contributed by atoms with Crippen LogP contribution in [0.2, 0.25) is 0 Å². The molecule has 0 saturated heterocycles. The molecule has 5 rings (SSSR count). The van der Waals surface area contributed by atoms with Crippen molar-refractivity contribution in [3.63, 3.8) is 0 Å². The third kappa shape index (κ3) is 5.76. The van der Waals surface area contributed by atoms with Crippen molar-refractivity contribution in [3.8, 4) is 17.2 Å². The number of carbonyl (C=O) groups is 1. The number of aliphatic imine (C=N–C) groups is 1. The Kier molecular flexibility index (Phi) is 8.13. The van der Waals surface area contributed by atoms with Gasteiger partial charge in [-0.1, -0.05) is 44.2 Å². The number of thioether (sulfide) groups is 1. The third-order valence-corrected chi connectivity index (χ3v) is 8.29. The van der Waals surface area contributed by atoms with Crippen LogP contribution in [0.1, 0.15) is 42.2 Å². The number of fused-ring (bicyclic) bond motifs is 1. The number of carbonyl (C=O) groups excluding carboxylic acids is 1. The zero-order chi connectivity index (χ0) is 27.4. The highest BCUT2D eigenvalue weighted by molar-refractivity contribution is 8.27. The molecule has 200 valence electrons. The third-order valence-electron chi connectivity index (χ3n) is 6.35. The van der Waals surface area contributed by atoms with Crippen LogP contribution in [-0.4, -0.2) is 47.3 Å². The minimum atomic E-state index is -0.476. The number of hydrazone groups is 1. The summed E-state index contributed by atoms with van der Waals surface area (Å²) in [5.74, 6) is 1.87. The number of amidine groups is 2. The number of methoxy groups -OCH3 is 1. The molecule has 1 amide bonds. The van der Waals surface area contributed by atoms with Gasteiger partial charge in [-0.25, -0.2) is 0 Å². The molecule has 0 spiro atoms. The Labute approximate surface area is 235 Å². The van der Waals surface area contributed by atoms with Crippen LogP contribution in [0.3, 0.4) is 0 Å². The zero-order valence-corrected chi connectivity index (χ0v) is 23.5. The molecular formula is C29H28N4O4S2. The lowest BCUT2D eigenvalue weighted by molar-refractivity contribution is -0.114. The van der Waals surface area contributed by atoms with Crippen LogP contribution in [-0.2, 0) is 4.79 Å². The Bertz CT molecular complexity index is 1480. The molecule has 1 atom stereocenters. The van der Waals surface area contributed by atoms with Gasteiger partial charge in [0.05, 0.1) is 17.6 Å². The molecule has 3 aromatic rings.